The Morgan fingerprint density at radius 3 is 2.61 bits per heavy atom. The zero-order valence-corrected chi connectivity index (χ0v) is 11.9. The van der Waals surface area contributed by atoms with Crippen LogP contribution in [0, 0.1) is 0 Å². The molecular weight excluding hydrogens is 268 g/mol. The van der Waals surface area contributed by atoms with Crippen LogP contribution in [0.1, 0.15) is 12.8 Å². The number of nitrogens with one attached hydrogen (secondary N) is 2. The average Bonchev–Trinajstić information content (AvgIpc) is 2.39. The Labute approximate surface area is 119 Å². The van der Waals surface area contributed by atoms with Crippen LogP contribution in [0.3, 0.4) is 0 Å². The third-order valence-electron chi connectivity index (χ3n) is 2.82. The number of rotatable bonds is 4. The molecule has 0 spiro atoms. The van der Waals surface area contributed by atoms with Crippen LogP contribution in [0.2, 0.25) is 0 Å². The first-order valence-corrected chi connectivity index (χ1v) is 7.01. The molecule has 1 aliphatic rings. The van der Waals surface area contributed by atoms with Gasteiger partial charge in [0.25, 0.3) is 0 Å². The fraction of sp³-hybridized carbons (Fsp3) is 0.462. The third-order valence-corrected chi connectivity index (χ3v) is 3.83. The molecule has 1 fully saturated rings. The summed E-state index contributed by atoms with van der Waals surface area (Å²) in [7, 11) is 0. The van der Waals surface area contributed by atoms with E-state index in [1.165, 1.54) is 0 Å². The molecule has 2 N–H and O–H groups in total. The van der Waals surface area contributed by atoms with Crippen LogP contribution in [0.15, 0.2) is 35.2 Å². The minimum absolute atomic E-state index is 0. The number of piperidine rings is 1. The van der Waals surface area contributed by atoms with Gasteiger partial charge in [0, 0.05) is 10.9 Å². The van der Waals surface area contributed by atoms with E-state index in [0.29, 0.717) is 11.8 Å². The maximum atomic E-state index is 11.7. The zero-order chi connectivity index (χ0) is 11.9. The van der Waals surface area contributed by atoms with E-state index < -0.39 is 0 Å². The van der Waals surface area contributed by atoms with Crippen LogP contribution >= 0.6 is 24.2 Å². The molecule has 1 aromatic rings. The lowest BCUT2D eigenvalue weighted by Crippen LogP contribution is -2.43. The van der Waals surface area contributed by atoms with Crippen molar-refractivity contribution in [2.24, 2.45) is 0 Å². The summed E-state index contributed by atoms with van der Waals surface area (Å²) in [6.07, 6.45) is 2.09. The van der Waals surface area contributed by atoms with Crippen molar-refractivity contribution in [3.05, 3.63) is 30.3 Å². The molecular formula is C13H19ClN2OS. The van der Waals surface area contributed by atoms with Gasteiger partial charge in [0.2, 0.25) is 5.91 Å². The lowest BCUT2D eigenvalue weighted by Gasteiger charge is -2.23. The van der Waals surface area contributed by atoms with Gasteiger partial charge in [0.05, 0.1) is 5.75 Å². The summed E-state index contributed by atoms with van der Waals surface area (Å²) in [5.74, 6) is 0.652. The van der Waals surface area contributed by atoms with Crippen LogP contribution in [0.4, 0.5) is 0 Å². The largest absolute Gasteiger partial charge is 0.353 e. The van der Waals surface area contributed by atoms with Crippen molar-refractivity contribution in [3.63, 3.8) is 0 Å². The maximum Gasteiger partial charge on any atom is 0.230 e. The second-order valence-electron chi connectivity index (χ2n) is 4.19. The first-order valence-electron chi connectivity index (χ1n) is 6.02. The van der Waals surface area contributed by atoms with E-state index in [2.05, 4.69) is 10.6 Å². The van der Waals surface area contributed by atoms with Crippen LogP contribution in [-0.2, 0) is 4.79 Å². The molecule has 5 heteroatoms. The highest BCUT2D eigenvalue weighted by Gasteiger charge is 2.14. The Hall–Kier alpha value is -0.710. The van der Waals surface area contributed by atoms with Crippen LogP contribution < -0.4 is 10.6 Å². The normalized spacial score (nSPS) is 15.8. The van der Waals surface area contributed by atoms with E-state index in [-0.39, 0.29) is 18.3 Å². The van der Waals surface area contributed by atoms with E-state index in [1.807, 2.05) is 30.3 Å². The lowest BCUT2D eigenvalue weighted by atomic mass is 10.1. The number of benzene rings is 1. The smallest absolute Gasteiger partial charge is 0.230 e. The van der Waals surface area contributed by atoms with Crippen LogP contribution in [0.5, 0.6) is 0 Å². The Bertz CT molecular complexity index is 355. The summed E-state index contributed by atoms with van der Waals surface area (Å²) in [5, 5.41) is 6.38. The number of carbonyl (C=O) groups is 1. The van der Waals surface area contributed by atoms with Gasteiger partial charge in [-0.2, -0.15) is 0 Å². The van der Waals surface area contributed by atoms with Gasteiger partial charge in [-0.3, -0.25) is 4.79 Å². The molecule has 0 aromatic heterocycles. The zero-order valence-electron chi connectivity index (χ0n) is 10.2. The summed E-state index contributed by atoms with van der Waals surface area (Å²) in [6, 6.07) is 10.4. The molecule has 2 rings (SSSR count). The number of hydrogen-bond donors (Lipinski definition) is 2. The monoisotopic (exact) mass is 286 g/mol. The van der Waals surface area contributed by atoms with Gasteiger partial charge in [0.15, 0.2) is 0 Å². The summed E-state index contributed by atoms with van der Waals surface area (Å²) < 4.78 is 0. The Kier molecular flexibility index (Phi) is 7.16. The molecule has 0 unspecified atom stereocenters. The van der Waals surface area contributed by atoms with Crippen molar-refractivity contribution >= 4 is 30.1 Å². The molecule has 0 saturated carbocycles. The van der Waals surface area contributed by atoms with Gasteiger partial charge in [-0.05, 0) is 38.1 Å². The molecule has 0 atom stereocenters. The van der Waals surface area contributed by atoms with Crippen molar-refractivity contribution in [1.82, 2.24) is 10.6 Å². The minimum Gasteiger partial charge on any atom is -0.353 e. The van der Waals surface area contributed by atoms with Crippen molar-refractivity contribution in [2.45, 2.75) is 23.8 Å². The number of carbonyl (C=O) groups excluding carboxylic acids is 1. The second-order valence-corrected chi connectivity index (χ2v) is 5.24. The van der Waals surface area contributed by atoms with Gasteiger partial charge < -0.3 is 10.6 Å². The molecule has 0 bridgehead atoms. The molecule has 1 saturated heterocycles. The fourth-order valence-corrected chi connectivity index (χ4v) is 2.63. The van der Waals surface area contributed by atoms with Crippen molar-refractivity contribution in [3.8, 4) is 0 Å². The van der Waals surface area contributed by atoms with Gasteiger partial charge in [0.1, 0.15) is 0 Å². The number of amides is 1. The van der Waals surface area contributed by atoms with Crippen LogP contribution in [-0.4, -0.2) is 30.8 Å². The first-order chi connectivity index (χ1) is 8.34. The first kappa shape index (κ1) is 15.3. The Balaban J connectivity index is 0.00000162. The summed E-state index contributed by atoms with van der Waals surface area (Å²) >= 11 is 1.59. The predicted octanol–water partition coefficient (Wildman–Crippen LogP) is 2.07. The average molecular weight is 287 g/mol. The lowest BCUT2D eigenvalue weighted by molar-refractivity contribution is -0.119. The standard InChI is InChI=1S/C13H18N2OS.ClH/c16-13(15-11-6-8-14-9-7-11)10-17-12-4-2-1-3-5-12;/h1-5,11,14H,6-10H2,(H,15,16);1H. The quantitative estimate of drug-likeness (QED) is 0.833. The van der Waals surface area contributed by atoms with E-state index >= 15 is 0 Å². The van der Waals surface area contributed by atoms with Gasteiger partial charge in [-0.25, -0.2) is 0 Å². The summed E-state index contributed by atoms with van der Waals surface area (Å²) in [6.45, 7) is 2.02. The molecule has 18 heavy (non-hydrogen) atoms. The van der Waals surface area contributed by atoms with E-state index in [9.17, 15) is 4.79 Å². The molecule has 100 valence electrons. The summed E-state index contributed by atoms with van der Waals surface area (Å²) in [4.78, 5) is 12.9. The van der Waals surface area contributed by atoms with Crippen molar-refractivity contribution < 1.29 is 4.79 Å². The summed E-state index contributed by atoms with van der Waals surface area (Å²) in [5.41, 5.74) is 0. The fourth-order valence-electron chi connectivity index (χ4n) is 1.90. The number of halogens is 1. The molecule has 1 heterocycles. The topological polar surface area (TPSA) is 41.1 Å². The highest BCUT2D eigenvalue weighted by atomic mass is 35.5. The van der Waals surface area contributed by atoms with Crippen molar-refractivity contribution in [1.29, 1.82) is 0 Å². The van der Waals surface area contributed by atoms with E-state index in [0.717, 1.165) is 30.8 Å². The molecule has 1 amide bonds. The van der Waals surface area contributed by atoms with Gasteiger partial charge in [-0.15, -0.1) is 24.2 Å². The van der Waals surface area contributed by atoms with Crippen molar-refractivity contribution in [2.75, 3.05) is 18.8 Å². The molecule has 1 aromatic carbocycles. The third kappa shape index (κ3) is 5.29. The highest BCUT2D eigenvalue weighted by molar-refractivity contribution is 8.00. The molecule has 0 aliphatic carbocycles. The highest BCUT2D eigenvalue weighted by Crippen LogP contribution is 2.16. The predicted molar refractivity (Wildman–Crippen MR) is 78.4 cm³/mol. The molecule has 0 radical (unpaired) electrons. The molecule has 3 nitrogen and oxygen atoms in total. The maximum absolute atomic E-state index is 11.7. The number of hydrogen-bond acceptors (Lipinski definition) is 3. The van der Waals surface area contributed by atoms with Gasteiger partial charge in [-0.1, -0.05) is 18.2 Å². The SMILES string of the molecule is Cl.O=C(CSc1ccccc1)NC1CCNCC1. The second kappa shape index (κ2) is 8.40. The van der Waals surface area contributed by atoms with Gasteiger partial charge >= 0.3 is 0 Å². The van der Waals surface area contributed by atoms with Crippen LogP contribution in [0.25, 0.3) is 0 Å². The number of thioether (sulfide) groups is 1. The van der Waals surface area contributed by atoms with E-state index in [1.54, 1.807) is 11.8 Å². The molecule has 1 aliphatic heterocycles. The Morgan fingerprint density at radius 2 is 1.94 bits per heavy atom. The minimum atomic E-state index is 0. The Morgan fingerprint density at radius 1 is 1.28 bits per heavy atom. The van der Waals surface area contributed by atoms with E-state index in [4.69, 9.17) is 0 Å².